The Balaban J connectivity index is 2.26. The van der Waals surface area contributed by atoms with E-state index in [9.17, 15) is 13.2 Å². The third-order valence-corrected chi connectivity index (χ3v) is 7.36. The topological polar surface area (TPSA) is 83.5 Å². The Bertz CT molecular complexity index is 778. The van der Waals surface area contributed by atoms with Gasteiger partial charge in [0.1, 0.15) is 9.09 Å². The van der Waals surface area contributed by atoms with Gasteiger partial charge in [-0.05, 0) is 37.6 Å². The first-order valence-electron chi connectivity index (χ1n) is 5.82. The number of aromatic carboxylic acids is 1. The maximum Gasteiger partial charge on any atom is 0.346 e. The highest BCUT2D eigenvalue weighted by Crippen LogP contribution is 2.30. The molecule has 5 nitrogen and oxygen atoms in total. The molecule has 0 amide bonds. The number of rotatable bonds is 5. The molecular formula is C12H12ClNO4S3. The molecule has 0 radical (unpaired) electrons. The molecule has 2 N–H and O–H groups in total. The van der Waals surface area contributed by atoms with Gasteiger partial charge >= 0.3 is 5.97 Å². The Hall–Kier alpha value is -0.930. The molecule has 2 heterocycles. The summed E-state index contributed by atoms with van der Waals surface area (Å²) in [6.45, 7) is 3.28. The highest BCUT2D eigenvalue weighted by molar-refractivity contribution is 7.91. The van der Waals surface area contributed by atoms with Crippen LogP contribution in [0.15, 0.2) is 22.4 Å². The number of hydrogen-bond donors (Lipinski definition) is 2. The molecule has 0 aliphatic rings. The molecule has 0 saturated carbocycles. The Morgan fingerprint density at radius 1 is 1.38 bits per heavy atom. The van der Waals surface area contributed by atoms with Crippen molar-refractivity contribution in [3.8, 4) is 0 Å². The summed E-state index contributed by atoms with van der Waals surface area (Å²) >= 11 is 7.87. The predicted molar refractivity (Wildman–Crippen MR) is 84.1 cm³/mol. The van der Waals surface area contributed by atoms with E-state index in [4.69, 9.17) is 16.7 Å². The van der Waals surface area contributed by atoms with Crippen molar-refractivity contribution in [2.24, 2.45) is 0 Å². The average molecular weight is 366 g/mol. The van der Waals surface area contributed by atoms with Gasteiger partial charge in [-0.2, -0.15) is 0 Å². The molecule has 0 aliphatic carbocycles. The van der Waals surface area contributed by atoms with Crippen LogP contribution in [0.4, 0.5) is 0 Å². The van der Waals surface area contributed by atoms with Gasteiger partial charge in [0.15, 0.2) is 0 Å². The minimum Gasteiger partial charge on any atom is -0.477 e. The van der Waals surface area contributed by atoms with E-state index in [1.807, 2.05) is 0 Å². The Morgan fingerprint density at radius 3 is 2.52 bits per heavy atom. The summed E-state index contributed by atoms with van der Waals surface area (Å²) in [7, 11) is -3.76. The molecule has 114 valence electrons. The number of carboxylic acid groups (broad SMARTS) is 1. The third-order valence-electron chi connectivity index (χ3n) is 2.71. The summed E-state index contributed by atoms with van der Waals surface area (Å²) in [5, 5.41) is 8.99. The molecule has 0 aliphatic heterocycles. The first kappa shape index (κ1) is 16.4. The number of thiophene rings is 2. The zero-order valence-corrected chi connectivity index (χ0v) is 14.3. The van der Waals surface area contributed by atoms with E-state index in [0.717, 1.165) is 16.2 Å². The fraction of sp³-hybridized carbons (Fsp3) is 0.250. The largest absolute Gasteiger partial charge is 0.477 e. The lowest BCUT2D eigenvalue weighted by Gasteiger charge is -2.11. The number of sulfonamides is 1. The van der Waals surface area contributed by atoms with E-state index in [1.54, 1.807) is 26.0 Å². The van der Waals surface area contributed by atoms with E-state index in [0.29, 0.717) is 9.90 Å². The minimum absolute atomic E-state index is 0.00750. The molecule has 0 fully saturated rings. The molecule has 9 heteroatoms. The minimum atomic E-state index is -3.76. The number of nitrogens with one attached hydrogen (secondary N) is 1. The molecule has 1 atom stereocenters. The van der Waals surface area contributed by atoms with E-state index >= 15 is 0 Å². The molecule has 2 aromatic heterocycles. The summed E-state index contributed by atoms with van der Waals surface area (Å²) in [6.07, 6.45) is 0. The van der Waals surface area contributed by atoms with Crippen LogP contribution in [0.25, 0.3) is 0 Å². The molecule has 21 heavy (non-hydrogen) atoms. The van der Waals surface area contributed by atoms with Crippen molar-refractivity contribution in [3.63, 3.8) is 0 Å². The highest BCUT2D eigenvalue weighted by atomic mass is 35.5. The summed E-state index contributed by atoms with van der Waals surface area (Å²) in [5.41, 5.74) is 0.430. The van der Waals surface area contributed by atoms with Gasteiger partial charge in [0.25, 0.3) is 10.0 Å². The van der Waals surface area contributed by atoms with E-state index < -0.39 is 22.0 Å². The molecule has 0 saturated heterocycles. The van der Waals surface area contributed by atoms with Gasteiger partial charge in [-0.15, -0.1) is 22.7 Å². The summed E-state index contributed by atoms with van der Waals surface area (Å²) in [5.74, 6) is -1.13. The standard InChI is InChI=1S/C12H12ClNO4S3/c1-6-5-10(20-11(6)12(15)16)21(17,18)14-7(2)8-3-4-9(13)19-8/h3-5,7,14H,1-2H3,(H,15,16). The Labute approximate surface area is 135 Å². The predicted octanol–water partition coefficient (Wildman–Crippen LogP) is 3.51. The molecule has 0 bridgehead atoms. The van der Waals surface area contributed by atoms with Crippen LogP contribution in [0.3, 0.4) is 0 Å². The number of carbonyl (C=O) groups is 1. The lowest BCUT2D eigenvalue weighted by Crippen LogP contribution is -2.25. The maximum absolute atomic E-state index is 12.3. The number of aryl methyl sites for hydroxylation is 1. The van der Waals surface area contributed by atoms with Gasteiger partial charge in [-0.25, -0.2) is 17.9 Å². The van der Waals surface area contributed by atoms with Crippen molar-refractivity contribution in [2.75, 3.05) is 0 Å². The van der Waals surface area contributed by atoms with Gasteiger partial charge in [-0.3, -0.25) is 0 Å². The molecule has 1 unspecified atom stereocenters. The van der Waals surface area contributed by atoms with E-state index in [-0.39, 0.29) is 9.09 Å². The van der Waals surface area contributed by atoms with Crippen LogP contribution < -0.4 is 4.72 Å². The van der Waals surface area contributed by atoms with Crippen molar-refractivity contribution in [1.82, 2.24) is 4.72 Å². The van der Waals surface area contributed by atoms with Gasteiger partial charge in [0.05, 0.1) is 10.4 Å². The first-order valence-corrected chi connectivity index (χ1v) is 9.31. The second-order valence-electron chi connectivity index (χ2n) is 4.37. The number of halogens is 1. The van der Waals surface area contributed by atoms with Gasteiger partial charge in [0.2, 0.25) is 0 Å². The van der Waals surface area contributed by atoms with Crippen LogP contribution >= 0.6 is 34.3 Å². The quantitative estimate of drug-likeness (QED) is 0.849. The summed E-state index contributed by atoms with van der Waals surface area (Å²) in [4.78, 5) is 11.8. The number of carboxylic acids is 1. The van der Waals surface area contributed by atoms with Gasteiger partial charge in [-0.1, -0.05) is 11.6 Å². The summed E-state index contributed by atoms with van der Waals surface area (Å²) < 4.78 is 27.7. The lowest BCUT2D eigenvalue weighted by atomic mass is 10.3. The zero-order valence-electron chi connectivity index (χ0n) is 11.1. The highest BCUT2D eigenvalue weighted by Gasteiger charge is 2.24. The second kappa shape index (κ2) is 6.05. The third kappa shape index (κ3) is 3.64. The monoisotopic (exact) mass is 365 g/mol. The zero-order chi connectivity index (χ0) is 15.8. The van der Waals surface area contributed by atoms with Crippen LogP contribution in [0.1, 0.15) is 33.1 Å². The van der Waals surface area contributed by atoms with Crippen LogP contribution in [0, 0.1) is 6.92 Å². The van der Waals surface area contributed by atoms with Crippen LogP contribution in [-0.2, 0) is 10.0 Å². The fourth-order valence-corrected chi connectivity index (χ4v) is 5.46. The van der Waals surface area contributed by atoms with Crippen molar-refractivity contribution in [1.29, 1.82) is 0 Å². The van der Waals surface area contributed by atoms with Crippen molar-refractivity contribution < 1.29 is 18.3 Å². The van der Waals surface area contributed by atoms with Crippen LogP contribution in [0.2, 0.25) is 4.34 Å². The maximum atomic E-state index is 12.3. The van der Waals surface area contributed by atoms with Crippen LogP contribution in [-0.4, -0.2) is 19.5 Å². The van der Waals surface area contributed by atoms with Crippen molar-refractivity contribution >= 4 is 50.3 Å². The Kier molecular flexibility index (Phi) is 4.74. The first-order chi connectivity index (χ1) is 9.70. The fourth-order valence-electron chi connectivity index (χ4n) is 1.71. The van der Waals surface area contributed by atoms with Gasteiger partial charge in [0, 0.05) is 4.88 Å². The molecule has 2 aromatic rings. The average Bonchev–Trinajstić information content (AvgIpc) is 2.95. The smallest absolute Gasteiger partial charge is 0.346 e. The molecule has 2 rings (SSSR count). The summed E-state index contributed by atoms with van der Waals surface area (Å²) in [6, 6.07) is 4.38. The Morgan fingerprint density at radius 2 is 2.05 bits per heavy atom. The SMILES string of the molecule is Cc1cc(S(=O)(=O)NC(C)c2ccc(Cl)s2)sc1C(=O)O. The molecule has 0 spiro atoms. The van der Waals surface area contributed by atoms with Gasteiger partial charge < -0.3 is 5.11 Å². The molecule has 0 aromatic carbocycles. The second-order valence-corrected chi connectivity index (χ2v) is 9.11. The van der Waals surface area contributed by atoms with Crippen molar-refractivity contribution in [3.05, 3.63) is 37.9 Å². The lowest BCUT2D eigenvalue weighted by molar-refractivity contribution is 0.0701. The normalized spacial score (nSPS) is 13.3. The molecular weight excluding hydrogens is 354 g/mol. The van der Waals surface area contributed by atoms with Crippen molar-refractivity contribution in [2.45, 2.75) is 24.1 Å². The van der Waals surface area contributed by atoms with Crippen LogP contribution in [0.5, 0.6) is 0 Å². The van der Waals surface area contributed by atoms with E-state index in [1.165, 1.54) is 17.4 Å². The van der Waals surface area contributed by atoms with E-state index in [2.05, 4.69) is 4.72 Å². The number of hydrogen-bond acceptors (Lipinski definition) is 5.